The molecule has 2 aromatic carbocycles. The summed E-state index contributed by atoms with van der Waals surface area (Å²) in [5.41, 5.74) is 0.505. The number of methoxy groups -OCH3 is 1. The zero-order valence-corrected chi connectivity index (χ0v) is 22.2. The Bertz CT molecular complexity index is 1210. The van der Waals surface area contributed by atoms with E-state index >= 15 is 0 Å². The van der Waals surface area contributed by atoms with Crippen molar-refractivity contribution in [3.8, 4) is 17.2 Å². The molecule has 0 saturated carbocycles. The Morgan fingerprint density at radius 2 is 1.72 bits per heavy atom. The standard InChI is InChI=1S/C25H33N3O7S/c1-17(24(30)26-25(2,3)4)27(14-18-7-10-20(33-5)11-8-18)23(29)15-28(36(6,31)32)19-9-12-21-22(13-19)35-16-34-21/h7-13,17H,14-16H2,1-6H3,(H,26,30)/t17-/m0/s1. The summed E-state index contributed by atoms with van der Waals surface area (Å²) in [5.74, 6) is 0.652. The van der Waals surface area contributed by atoms with Crippen LogP contribution in [0, 0.1) is 0 Å². The summed E-state index contributed by atoms with van der Waals surface area (Å²) in [6.45, 7) is 6.79. The molecular weight excluding hydrogens is 486 g/mol. The molecule has 1 heterocycles. The van der Waals surface area contributed by atoms with E-state index in [1.165, 1.54) is 11.0 Å². The Morgan fingerprint density at radius 1 is 1.08 bits per heavy atom. The Kier molecular flexibility index (Phi) is 8.02. The van der Waals surface area contributed by atoms with Gasteiger partial charge in [0.15, 0.2) is 11.5 Å². The third kappa shape index (κ3) is 6.81. The van der Waals surface area contributed by atoms with Crippen molar-refractivity contribution >= 4 is 27.5 Å². The van der Waals surface area contributed by atoms with E-state index in [2.05, 4.69) is 5.32 Å². The number of amides is 2. The third-order valence-corrected chi connectivity index (χ3v) is 6.64. The Balaban J connectivity index is 1.91. The number of nitrogens with zero attached hydrogens (tertiary/aromatic N) is 2. The quantitative estimate of drug-likeness (QED) is 0.541. The first-order valence-electron chi connectivity index (χ1n) is 11.4. The maximum absolute atomic E-state index is 13.6. The molecule has 0 fully saturated rings. The van der Waals surface area contributed by atoms with E-state index in [-0.39, 0.29) is 24.9 Å². The largest absolute Gasteiger partial charge is 0.497 e. The van der Waals surface area contributed by atoms with E-state index in [1.54, 1.807) is 50.4 Å². The minimum absolute atomic E-state index is 0.0344. The van der Waals surface area contributed by atoms with Crippen LogP contribution in [0.5, 0.6) is 17.2 Å². The average molecular weight is 520 g/mol. The van der Waals surface area contributed by atoms with Crippen molar-refractivity contribution in [2.24, 2.45) is 0 Å². The average Bonchev–Trinajstić information content (AvgIpc) is 3.26. The van der Waals surface area contributed by atoms with Crippen molar-refractivity contribution < 1.29 is 32.2 Å². The molecule has 0 radical (unpaired) electrons. The van der Waals surface area contributed by atoms with Crippen molar-refractivity contribution in [2.75, 3.05) is 31.0 Å². The fourth-order valence-corrected chi connectivity index (χ4v) is 4.48. The summed E-state index contributed by atoms with van der Waals surface area (Å²) in [4.78, 5) is 28.0. The van der Waals surface area contributed by atoms with Gasteiger partial charge < -0.3 is 24.4 Å². The molecule has 2 amide bonds. The van der Waals surface area contributed by atoms with Gasteiger partial charge in [-0.2, -0.15) is 0 Å². The lowest BCUT2D eigenvalue weighted by Crippen LogP contribution is -2.54. The highest BCUT2D eigenvalue weighted by molar-refractivity contribution is 7.92. The molecule has 0 aromatic heterocycles. The van der Waals surface area contributed by atoms with Crippen LogP contribution in [-0.2, 0) is 26.2 Å². The maximum Gasteiger partial charge on any atom is 0.244 e. The lowest BCUT2D eigenvalue weighted by molar-refractivity contribution is -0.140. The summed E-state index contributed by atoms with van der Waals surface area (Å²) in [7, 11) is -2.29. The molecule has 2 aromatic rings. The molecule has 0 saturated heterocycles. The first kappa shape index (κ1) is 27.1. The SMILES string of the molecule is COc1ccc(CN(C(=O)CN(c2ccc3c(c2)OCO3)S(C)(=O)=O)[C@@H](C)C(=O)NC(C)(C)C)cc1. The first-order valence-corrected chi connectivity index (χ1v) is 13.2. The van der Waals surface area contributed by atoms with Crippen molar-refractivity contribution in [1.82, 2.24) is 10.2 Å². The van der Waals surface area contributed by atoms with Crippen molar-refractivity contribution in [3.63, 3.8) is 0 Å². The van der Waals surface area contributed by atoms with Gasteiger partial charge in [-0.05, 0) is 57.5 Å². The number of nitrogens with one attached hydrogen (secondary N) is 1. The lowest BCUT2D eigenvalue weighted by atomic mass is 10.1. The highest BCUT2D eigenvalue weighted by Gasteiger charge is 2.32. The fraction of sp³-hybridized carbons (Fsp3) is 0.440. The predicted octanol–water partition coefficient (Wildman–Crippen LogP) is 2.52. The third-order valence-electron chi connectivity index (χ3n) is 5.50. The molecule has 1 atom stereocenters. The Hall–Kier alpha value is -3.47. The van der Waals surface area contributed by atoms with Gasteiger partial charge in [0.05, 0.1) is 19.1 Å². The smallest absolute Gasteiger partial charge is 0.244 e. The van der Waals surface area contributed by atoms with E-state index in [9.17, 15) is 18.0 Å². The first-order chi connectivity index (χ1) is 16.8. The predicted molar refractivity (Wildman–Crippen MR) is 136 cm³/mol. The van der Waals surface area contributed by atoms with Gasteiger partial charge in [0.2, 0.25) is 28.6 Å². The number of benzene rings is 2. The molecule has 1 N–H and O–H groups in total. The number of carbonyl (C=O) groups is 2. The minimum Gasteiger partial charge on any atom is -0.497 e. The van der Waals surface area contributed by atoms with Crippen molar-refractivity contribution in [2.45, 2.75) is 45.8 Å². The van der Waals surface area contributed by atoms with E-state index in [4.69, 9.17) is 14.2 Å². The molecule has 11 heteroatoms. The summed E-state index contributed by atoms with van der Waals surface area (Å²) >= 11 is 0. The highest BCUT2D eigenvalue weighted by atomic mass is 32.2. The Morgan fingerprint density at radius 3 is 2.31 bits per heavy atom. The van der Waals surface area contributed by atoms with Crippen LogP contribution in [0.2, 0.25) is 0 Å². The van der Waals surface area contributed by atoms with Crippen molar-refractivity contribution in [1.29, 1.82) is 0 Å². The number of carbonyl (C=O) groups excluding carboxylic acids is 2. The number of anilines is 1. The van der Waals surface area contributed by atoms with Crippen LogP contribution in [-0.4, -0.2) is 63.4 Å². The molecule has 1 aliphatic rings. The second-order valence-corrected chi connectivity index (χ2v) is 11.5. The van der Waals surface area contributed by atoms with Gasteiger partial charge in [-0.3, -0.25) is 13.9 Å². The van der Waals surface area contributed by atoms with Gasteiger partial charge in [0.1, 0.15) is 18.3 Å². The molecule has 196 valence electrons. The fourth-order valence-electron chi connectivity index (χ4n) is 3.64. The zero-order chi connectivity index (χ0) is 26.7. The lowest BCUT2D eigenvalue weighted by Gasteiger charge is -2.33. The number of hydrogen-bond donors (Lipinski definition) is 1. The number of rotatable bonds is 9. The van der Waals surface area contributed by atoms with Gasteiger partial charge in [0.25, 0.3) is 0 Å². The molecule has 0 aliphatic carbocycles. The van der Waals surface area contributed by atoms with Gasteiger partial charge in [-0.25, -0.2) is 8.42 Å². The molecule has 0 unspecified atom stereocenters. The molecule has 1 aliphatic heterocycles. The highest BCUT2D eigenvalue weighted by Crippen LogP contribution is 2.36. The van der Waals surface area contributed by atoms with Gasteiger partial charge in [-0.1, -0.05) is 12.1 Å². The molecule has 0 bridgehead atoms. The van der Waals surface area contributed by atoms with E-state index in [0.29, 0.717) is 17.2 Å². The van der Waals surface area contributed by atoms with Crippen LogP contribution in [0.3, 0.4) is 0 Å². The second-order valence-electron chi connectivity index (χ2n) is 9.59. The van der Waals surface area contributed by atoms with Crippen LogP contribution in [0.1, 0.15) is 33.3 Å². The van der Waals surface area contributed by atoms with Crippen molar-refractivity contribution in [3.05, 3.63) is 48.0 Å². The van der Waals surface area contributed by atoms with Crippen LogP contribution < -0.4 is 23.8 Å². The summed E-state index contributed by atoms with van der Waals surface area (Å²) in [5, 5.41) is 2.89. The van der Waals surface area contributed by atoms with Gasteiger partial charge in [0, 0.05) is 18.2 Å². The van der Waals surface area contributed by atoms with Crippen LogP contribution >= 0.6 is 0 Å². The number of ether oxygens (including phenoxy) is 3. The van der Waals surface area contributed by atoms with Crippen LogP contribution in [0.4, 0.5) is 5.69 Å². The van der Waals surface area contributed by atoms with Crippen LogP contribution in [0.15, 0.2) is 42.5 Å². The second kappa shape index (κ2) is 10.7. The monoisotopic (exact) mass is 519 g/mol. The maximum atomic E-state index is 13.6. The molecule has 10 nitrogen and oxygen atoms in total. The zero-order valence-electron chi connectivity index (χ0n) is 21.4. The number of sulfonamides is 1. The van der Waals surface area contributed by atoms with Crippen LogP contribution in [0.25, 0.3) is 0 Å². The minimum atomic E-state index is -3.85. The number of hydrogen-bond acceptors (Lipinski definition) is 7. The molecular formula is C25H33N3O7S. The molecule has 0 spiro atoms. The molecule has 36 heavy (non-hydrogen) atoms. The van der Waals surface area contributed by atoms with Gasteiger partial charge in [-0.15, -0.1) is 0 Å². The molecule has 3 rings (SSSR count). The van der Waals surface area contributed by atoms with E-state index < -0.39 is 34.1 Å². The Labute approximate surface area is 212 Å². The summed E-state index contributed by atoms with van der Waals surface area (Å²) in [6.07, 6.45) is 1.02. The summed E-state index contributed by atoms with van der Waals surface area (Å²) < 4.78 is 42.3. The number of fused-ring (bicyclic) bond motifs is 1. The van der Waals surface area contributed by atoms with E-state index in [0.717, 1.165) is 16.1 Å². The summed E-state index contributed by atoms with van der Waals surface area (Å²) in [6, 6.07) is 10.9. The topological polar surface area (TPSA) is 114 Å². The normalized spacial score (nSPS) is 13.6. The van der Waals surface area contributed by atoms with Gasteiger partial charge >= 0.3 is 0 Å². The van der Waals surface area contributed by atoms with E-state index in [1.807, 2.05) is 20.8 Å².